The van der Waals surface area contributed by atoms with E-state index in [1.807, 2.05) is 13.0 Å². The second-order valence-corrected chi connectivity index (χ2v) is 3.33. The van der Waals surface area contributed by atoms with Crippen molar-refractivity contribution < 1.29 is 0 Å². The first kappa shape index (κ1) is 10.4. The Morgan fingerprint density at radius 3 is 3.00 bits per heavy atom. The third-order valence-electron chi connectivity index (χ3n) is 1.42. The minimum atomic E-state index is 0.452. The highest BCUT2D eigenvalue weighted by Crippen LogP contribution is 2.12. The van der Waals surface area contributed by atoms with E-state index in [9.17, 15) is 0 Å². The fourth-order valence-electron chi connectivity index (χ4n) is 0.845. The normalized spacial score (nSPS) is 9.15. The first-order chi connectivity index (χ1) is 6.24. The van der Waals surface area contributed by atoms with Gasteiger partial charge in [0.25, 0.3) is 0 Å². The highest BCUT2D eigenvalue weighted by atomic mass is 35.5. The molecular formula is C10H9Cl2N. The van der Waals surface area contributed by atoms with Crippen molar-refractivity contribution in [3.63, 3.8) is 0 Å². The Kier molecular flexibility index (Phi) is 4.08. The van der Waals surface area contributed by atoms with Crippen LogP contribution in [0.15, 0.2) is 12.3 Å². The number of pyridine rings is 1. The molecule has 0 amide bonds. The van der Waals surface area contributed by atoms with Gasteiger partial charge in [-0.15, -0.1) is 11.6 Å². The van der Waals surface area contributed by atoms with E-state index in [4.69, 9.17) is 23.2 Å². The van der Waals surface area contributed by atoms with Gasteiger partial charge in [0.1, 0.15) is 5.15 Å². The van der Waals surface area contributed by atoms with Crippen LogP contribution in [0.5, 0.6) is 0 Å². The highest BCUT2D eigenvalue weighted by Gasteiger charge is 1.96. The van der Waals surface area contributed by atoms with Gasteiger partial charge in [-0.05, 0) is 18.6 Å². The van der Waals surface area contributed by atoms with Crippen LogP contribution in [0.25, 0.3) is 0 Å². The van der Waals surface area contributed by atoms with Crippen LogP contribution in [0.1, 0.15) is 17.5 Å². The molecule has 0 aliphatic rings. The first-order valence-electron chi connectivity index (χ1n) is 3.91. The van der Waals surface area contributed by atoms with E-state index >= 15 is 0 Å². The molecular weight excluding hydrogens is 205 g/mol. The van der Waals surface area contributed by atoms with E-state index in [1.54, 1.807) is 6.20 Å². The smallest absolute Gasteiger partial charge is 0.144 e. The molecule has 0 aliphatic heterocycles. The molecule has 0 fully saturated rings. The number of hydrogen-bond donors (Lipinski definition) is 0. The Morgan fingerprint density at radius 1 is 1.54 bits per heavy atom. The number of aromatic nitrogens is 1. The third-order valence-corrected chi connectivity index (χ3v) is 1.91. The maximum Gasteiger partial charge on any atom is 0.144 e. The Balaban J connectivity index is 2.89. The van der Waals surface area contributed by atoms with E-state index in [1.165, 1.54) is 0 Å². The van der Waals surface area contributed by atoms with E-state index in [0.717, 1.165) is 11.1 Å². The van der Waals surface area contributed by atoms with Crippen molar-refractivity contribution in [2.45, 2.75) is 13.3 Å². The van der Waals surface area contributed by atoms with Crippen LogP contribution in [-0.4, -0.2) is 10.9 Å². The summed E-state index contributed by atoms with van der Waals surface area (Å²) in [7, 11) is 0. The second kappa shape index (κ2) is 5.11. The van der Waals surface area contributed by atoms with E-state index in [2.05, 4.69) is 16.8 Å². The molecule has 68 valence electrons. The summed E-state index contributed by atoms with van der Waals surface area (Å²) in [5, 5.41) is 0.452. The largest absolute Gasteiger partial charge is 0.243 e. The molecule has 0 N–H and O–H groups in total. The predicted molar refractivity (Wildman–Crippen MR) is 56.2 cm³/mol. The maximum absolute atomic E-state index is 5.83. The molecule has 1 aromatic rings. The number of hydrogen-bond acceptors (Lipinski definition) is 1. The number of alkyl halides is 1. The summed E-state index contributed by atoms with van der Waals surface area (Å²) in [6.45, 7) is 1.95. The molecule has 3 heteroatoms. The summed E-state index contributed by atoms with van der Waals surface area (Å²) >= 11 is 11.3. The average Bonchev–Trinajstić information content (AvgIpc) is 2.11. The maximum atomic E-state index is 5.83. The van der Waals surface area contributed by atoms with Crippen LogP contribution in [0.2, 0.25) is 5.15 Å². The molecule has 0 bridgehead atoms. The van der Waals surface area contributed by atoms with E-state index in [-0.39, 0.29) is 0 Å². The van der Waals surface area contributed by atoms with E-state index in [0.29, 0.717) is 17.5 Å². The Morgan fingerprint density at radius 2 is 2.31 bits per heavy atom. The lowest BCUT2D eigenvalue weighted by Crippen LogP contribution is -1.84. The van der Waals surface area contributed by atoms with Gasteiger partial charge in [0.05, 0.1) is 5.56 Å². The van der Waals surface area contributed by atoms with Gasteiger partial charge in [-0.3, -0.25) is 0 Å². The molecule has 0 aliphatic carbocycles. The molecule has 0 unspecified atom stereocenters. The summed E-state index contributed by atoms with van der Waals surface area (Å²) in [6.07, 6.45) is 2.39. The van der Waals surface area contributed by atoms with Gasteiger partial charge in [0.2, 0.25) is 0 Å². The Labute approximate surface area is 88.1 Å². The molecule has 0 spiro atoms. The minimum Gasteiger partial charge on any atom is -0.243 e. The van der Waals surface area contributed by atoms with Gasteiger partial charge in [-0.1, -0.05) is 23.4 Å². The van der Waals surface area contributed by atoms with Crippen molar-refractivity contribution >= 4 is 23.2 Å². The predicted octanol–water partition coefficient (Wildman–Crippen LogP) is 3.02. The number of aryl methyl sites for hydroxylation is 1. The number of halogens is 2. The van der Waals surface area contributed by atoms with Crippen LogP contribution >= 0.6 is 23.2 Å². The van der Waals surface area contributed by atoms with Crippen LogP contribution in [0, 0.1) is 18.8 Å². The molecule has 0 aromatic carbocycles. The van der Waals surface area contributed by atoms with Crippen molar-refractivity contribution in [3.05, 3.63) is 28.5 Å². The van der Waals surface area contributed by atoms with Crippen LogP contribution < -0.4 is 0 Å². The molecule has 0 radical (unpaired) electrons. The lowest BCUT2D eigenvalue weighted by molar-refractivity contribution is 1.25. The van der Waals surface area contributed by atoms with Gasteiger partial charge < -0.3 is 0 Å². The number of nitrogens with zero attached hydrogens (tertiary/aromatic N) is 1. The molecule has 1 aromatic heterocycles. The molecule has 0 saturated carbocycles. The summed E-state index contributed by atoms with van der Waals surface area (Å²) < 4.78 is 0. The van der Waals surface area contributed by atoms with Gasteiger partial charge in [-0.2, -0.15) is 0 Å². The molecule has 1 rings (SSSR count). The van der Waals surface area contributed by atoms with Gasteiger partial charge in [0, 0.05) is 18.5 Å². The highest BCUT2D eigenvalue weighted by molar-refractivity contribution is 6.30. The summed E-state index contributed by atoms with van der Waals surface area (Å²) in [4.78, 5) is 3.99. The summed E-state index contributed by atoms with van der Waals surface area (Å²) in [5.74, 6) is 6.38. The SMILES string of the molecule is Cc1cnc(Cl)c(C#CCCCl)c1. The zero-order valence-corrected chi connectivity index (χ0v) is 8.78. The Bertz CT molecular complexity index is 350. The molecule has 0 saturated heterocycles. The molecule has 1 heterocycles. The summed E-state index contributed by atoms with van der Waals surface area (Å²) in [5.41, 5.74) is 1.83. The van der Waals surface area contributed by atoms with E-state index < -0.39 is 0 Å². The van der Waals surface area contributed by atoms with Crippen molar-refractivity contribution in [2.75, 3.05) is 5.88 Å². The standard InChI is InChI=1S/C10H9Cl2N/c1-8-6-9(4-2-3-5-11)10(12)13-7-8/h6-7H,3,5H2,1H3. The van der Waals surface area contributed by atoms with Crippen LogP contribution in [0.4, 0.5) is 0 Å². The van der Waals surface area contributed by atoms with Crippen molar-refractivity contribution in [2.24, 2.45) is 0 Å². The molecule has 0 atom stereocenters. The van der Waals surface area contributed by atoms with Crippen molar-refractivity contribution in [1.82, 2.24) is 4.98 Å². The first-order valence-corrected chi connectivity index (χ1v) is 4.82. The zero-order chi connectivity index (χ0) is 9.68. The Hall–Kier alpha value is -0.710. The van der Waals surface area contributed by atoms with Gasteiger partial charge >= 0.3 is 0 Å². The lowest BCUT2D eigenvalue weighted by atomic mass is 10.2. The van der Waals surface area contributed by atoms with Crippen molar-refractivity contribution in [3.8, 4) is 11.8 Å². The third kappa shape index (κ3) is 3.26. The molecule has 1 nitrogen and oxygen atoms in total. The second-order valence-electron chi connectivity index (χ2n) is 2.59. The quantitative estimate of drug-likeness (QED) is 0.397. The number of rotatable bonds is 1. The molecule has 13 heavy (non-hydrogen) atoms. The summed E-state index contributed by atoms with van der Waals surface area (Å²) in [6, 6.07) is 1.91. The monoisotopic (exact) mass is 213 g/mol. The lowest BCUT2D eigenvalue weighted by Gasteiger charge is -1.95. The fourth-order valence-corrected chi connectivity index (χ4v) is 1.09. The topological polar surface area (TPSA) is 12.9 Å². The minimum absolute atomic E-state index is 0.452. The zero-order valence-electron chi connectivity index (χ0n) is 7.27. The van der Waals surface area contributed by atoms with Crippen molar-refractivity contribution in [1.29, 1.82) is 0 Å². The van der Waals surface area contributed by atoms with Crippen LogP contribution in [0.3, 0.4) is 0 Å². The van der Waals surface area contributed by atoms with Gasteiger partial charge in [-0.25, -0.2) is 4.98 Å². The van der Waals surface area contributed by atoms with Crippen LogP contribution in [-0.2, 0) is 0 Å². The fraction of sp³-hybridized carbons (Fsp3) is 0.300. The van der Waals surface area contributed by atoms with Gasteiger partial charge in [0.15, 0.2) is 0 Å². The average molecular weight is 214 g/mol.